The fourth-order valence-electron chi connectivity index (χ4n) is 1.44. The van der Waals surface area contributed by atoms with E-state index in [4.69, 9.17) is 4.74 Å². The van der Waals surface area contributed by atoms with Crippen LogP contribution in [0.25, 0.3) is 0 Å². The normalized spacial score (nSPS) is 10.2. The van der Waals surface area contributed by atoms with E-state index in [0.29, 0.717) is 25.4 Å². The molecule has 6 nitrogen and oxygen atoms in total. The predicted octanol–water partition coefficient (Wildman–Crippen LogP) is 1.19. The minimum atomic E-state index is -0.00832. The lowest BCUT2D eigenvalue weighted by molar-refractivity contribution is -0.121. The third-order valence-electron chi connectivity index (χ3n) is 2.43. The fourth-order valence-corrected chi connectivity index (χ4v) is 1.99. The van der Waals surface area contributed by atoms with Gasteiger partial charge in [0, 0.05) is 30.4 Å². The van der Waals surface area contributed by atoms with Crippen LogP contribution in [0, 0.1) is 0 Å². The smallest absolute Gasteiger partial charge is 0.316 e. The van der Waals surface area contributed by atoms with E-state index >= 15 is 0 Å². The summed E-state index contributed by atoms with van der Waals surface area (Å²) in [6, 6.07) is 0.331. The van der Waals surface area contributed by atoms with Crippen LogP contribution in [-0.2, 0) is 17.8 Å². The van der Waals surface area contributed by atoms with Gasteiger partial charge in [-0.25, -0.2) is 15.0 Å². The number of hydrogen-bond donors (Lipinski definition) is 1. The molecule has 100 valence electrons. The van der Waals surface area contributed by atoms with Crippen LogP contribution >= 0.6 is 11.3 Å². The number of ether oxygens (including phenoxy) is 1. The number of aromatic nitrogens is 3. The van der Waals surface area contributed by atoms with Gasteiger partial charge in [-0.2, -0.15) is 0 Å². The molecule has 2 rings (SSSR count). The van der Waals surface area contributed by atoms with E-state index in [0.717, 1.165) is 10.6 Å². The van der Waals surface area contributed by atoms with E-state index in [9.17, 15) is 4.79 Å². The molecule has 0 aliphatic rings. The zero-order chi connectivity index (χ0) is 13.5. The van der Waals surface area contributed by atoms with E-state index in [1.165, 1.54) is 18.4 Å². The fraction of sp³-hybridized carbons (Fsp3) is 0.333. The second-order valence-electron chi connectivity index (χ2n) is 3.78. The Morgan fingerprint density at radius 2 is 2.16 bits per heavy atom. The van der Waals surface area contributed by atoms with Crippen molar-refractivity contribution in [1.82, 2.24) is 20.3 Å². The Kier molecular flexibility index (Phi) is 4.79. The highest BCUT2D eigenvalue weighted by molar-refractivity contribution is 7.09. The van der Waals surface area contributed by atoms with Crippen molar-refractivity contribution in [3.05, 3.63) is 34.5 Å². The molecule has 2 heterocycles. The number of hydrogen-bond acceptors (Lipinski definition) is 6. The standard InChI is InChI=1S/C12H14N4O2S/c1-18-12-15-6-9(7-16-12)2-3-10(17)14-8-11-13-4-5-19-11/h4-7H,2-3,8H2,1H3,(H,14,17). The molecule has 1 N–H and O–H groups in total. The number of thiazole rings is 1. The Hall–Kier alpha value is -2.02. The zero-order valence-corrected chi connectivity index (χ0v) is 11.3. The Morgan fingerprint density at radius 3 is 2.79 bits per heavy atom. The second-order valence-corrected chi connectivity index (χ2v) is 4.76. The summed E-state index contributed by atoms with van der Waals surface area (Å²) in [5.74, 6) is -0.00832. The summed E-state index contributed by atoms with van der Waals surface area (Å²) in [7, 11) is 1.51. The third kappa shape index (κ3) is 4.29. The molecular formula is C12H14N4O2S. The average molecular weight is 278 g/mol. The van der Waals surface area contributed by atoms with Crippen molar-refractivity contribution in [1.29, 1.82) is 0 Å². The molecule has 2 aromatic heterocycles. The van der Waals surface area contributed by atoms with Gasteiger partial charge in [-0.1, -0.05) is 0 Å². The van der Waals surface area contributed by atoms with Gasteiger partial charge in [0.2, 0.25) is 5.91 Å². The topological polar surface area (TPSA) is 77.0 Å². The summed E-state index contributed by atoms with van der Waals surface area (Å²) in [6.07, 6.45) is 6.06. The highest BCUT2D eigenvalue weighted by Gasteiger charge is 2.04. The van der Waals surface area contributed by atoms with Crippen LogP contribution in [-0.4, -0.2) is 28.0 Å². The summed E-state index contributed by atoms with van der Waals surface area (Å²) in [5, 5.41) is 5.61. The van der Waals surface area contributed by atoms with Gasteiger partial charge in [0.25, 0.3) is 0 Å². The van der Waals surface area contributed by atoms with E-state index in [-0.39, 0.29) is 5.91 Å². The minimum absolute atomic E-state index is 0.00832. The van der Waals surface area contributed by atoms with Crippen LogP contribution in [0.2, 0.25) is 0 Å². The van der Waals surface area contributed by atoms with E-state index in [1.807, 2.05) is 5.38 Å². The van der Waals surface area contributed by atoms with Gasteiger partial charge in [-0.05, 0) is 12.0 Å². The zero-order valence-electron chi connectivity index (χ0n) is 10.5. The first-order chi connectivity index (χ1) is 9.28. The lowest BCUT2D eigenvalue weighted by Gasteiger charge is -2.03. The van der Waals surface area contributed by atoms with Crippen LogP contribution in [0.5, 0.6) is 6.01 Å². The predicted molar refractivity (Wildman–Crippen MR) is 70.9 cm³/mol. The van der Waals surface area contributed by atoms with Crippen molar-refractivity contribution in [2.75, 3.05) is 7.11 Å². The molecule has 19 heavy (non-hydrogen) atoms. The number of carbonyl (C=O) groups excluding carboxylic acids is 1. The molecule has 0 atom stereocenters. The maximum Gasteiger partial charge on any atom is 0.316 e. The lowest BCUT2D eigenvalue weighted by Crippen LogP contribution is -2.22. The van der Waals surface area contributed by atoms with Crippen molar-refractivity contribution in [2.45, 2.75) is 19.4 Å². The van der Waals surface area contributed by atoms with E-state index < -0.39 is 0 Å². The van der Waals surface area contributed by atoms with Gasteiger partial charge in [-0.15, -0.1) is 11.3 Å². The molecule has 0 aliphatic heterocycles. The average Bonchev–Trinajstić information content (AvgIpc) is 2.96. The van der Waals surface area contributed by atoms with Gasteiger partial charge in [0.1, 0.15) is 5.01 Å². The van der Waals surface area contributed by atoms with E-state index in [1.54, 1.807) is 18.6 Å². The Morgan fingerprint density at radius 1 is 1.37 bits per heavy atom. The van der Waals surface area contributed by atoms with Crippen molar-refractivity contribution in [2.24, 2.45) is 0 Å². The third-order valence-corrected chi connectivity index (χ3v) is 3.20. The molecular weight excluding hydrogens is 264 g/mol. The molecule has 0 fully saturated rings. The number of methoxy groups -OCH3 is 1. The summed E-state index contributed by atoms with van der Waals surface area (Å²) >= 11 is 1.52. The van der Waals surface area contributed by atoms with Gasteiger partial charge in [0.15, 0.2) is 0 Å². The van der Waals surface area contributed by atoms with Crippen molar-refractivity contribution >= 4 is 17.2 Å². The molecule has 0 aliphatic carbocycles. The highest BCUT2D eigenvalue weighted by Crippen LogP contribution is 2.05. The molecule has 2 aromatic rings. The SMILES string of the molecule is COc1ncc(CCC(=O)NCc2nccs2)cn1. The first-order valence-corrected chi connectivity index (χ1v) is 6.66. The maximum atomic E-state index is 11.6. The largest absolute Gasteiger partial charge is 0.467 e. The number of carbonyl (C=O) groups is 1. The highest BCUT2D eigenvalue weighted by atomic mass is 32.1. The number of aryl methyl sites for hydroxylation is 1. The number of amides is 1. The first-order valence-electron chi connectivity index (χ1n) is 5.78. The van der Waals surface area contributed by atoms with Crippen LogP contribution in [0.15, 0.2) is 24.0 Å². The van der Waals surface area contributed by atoms with Crippen molar-refractivity contribution in [3.8, 4) is 6.01 Å². The molecule has 0 saturated heterocycles. The van der Waals surface area contributed by atoms with Crippen LogP contribution in [0.3, 0.4) is 0 Å². The van der Waals surface area contributed by atoms with Gasteiger partial charge < -0.3 is 10.1 Å². The summed E-state index contributed by atoms with van der Waals surface area (Å²) in [4.78, 5) is 23.7. The Bertz CT molecular complexity index is 513. The van der Waals surface area contributed by atoms with E-state index in [2.05, 4.69) is 20.3 Å². The molecule has 0 spiro atoms. The lowest BCUT2D eigenvalue weighted by atomic mass is 10.2. The molecule has 0 aromatic carbocycles. The Balaban J connectivity index is 1.73. The van der Waals surface area contributed by atoms with Gasteiger partial charge in [-0.3, -0.25) is 4.79 Å². The van der Waals surface area contributed by atoms with Crippen LogP contribution < -0.4 is 10.1 Å². The van der Waals surface area contributed by atoms with Crippen molar-refractivity contribution < 1.29 is 9.53 Å². The summed E-state index contributed by atoms with van der Waals surface area (Å²) < 4.78 is 4.87. The summed E-state index contributed by atoms with van der Waals surface area (Å²) in [5.41, 5.74) is 0.908. The number of nitrogens with one attached hydrogen (secondary N) is 1. The van der Waals surface area contributed by atoms with Gasteiger partial charge >= 0.3 is 6.01 Å². The number of rotatable bonds is 6. The first kappa shape index (κ1) is 13.4. The molecule has 0 unspecified atom stereocenters. The van der Waals surface area contributed by atoms with Crippen LogP contribution in [0.1, 0.15) is 17.0 Å². The van der Waals surface area contributed by atoms with Crippen LogP contribution in [0.4, 0.5) is 0 Å². The Labute approximate surface area is 114 Å². The quantitative estimate of drug-likeness (QED) is 0.859. The number of nitrogens with zero attached hydrogens (tertiary/aromatic N) is 3. The molecule has 7 heteroatoms. The molecule has 0 bridgehead atoms. The molecule has 1 amide bonds. The second kappa shape index (κ2) is 6.79. The molecule has 0 saturated carbocycles. The maximum absolute atomic E-state index is 11.6. The minimum Gasteiger partial charge on any atom is -0.467 e. The summed E-state index contributed by atoms with van der Waals surface area (Å²) in [6.45, 7) is 0.482. The van der Waals surface area contributed by atoms with Crippen molar-refractivity contribution in [3.63, 3.8) is 0 Å². The monoisotopic (exact) mass is 278 g/mol. The molecule has 0 radical (unpaired) electrons. The van der Waals surface area contributed by atoms with Gasteiger partial charge in [0.05, 0.1) is 13.7 Å².